The second-order valence-electron chi connectivity index (χ2n) is 8.94. The zero-order chi connectivity index (χ0) is 24.2. The predicted octanol–water partition coefficient (Wildman–Crippen LogP) is 3.42. The summed E-state index contributed by atoms with van der Waals surface area (Å²) in [5.74, 6) is 0.363. The molecule has 2 aliphatic heterocycles. The number of benzene rings is 2. The van der Waals surface area contributed by atoms with E-state index in [0.717, 1.165) is 55.8 Å². The second-order valence-corrected chi connectivity index (χ2v) is 8.94. The molecule has 0 bridgehead atoms. The fraction of sp³-hybridized carbons (Fsp3) is 0.308. The van der Waals surface area contributed by atoms with E-state index in [1.165, 1.54) is 12.4 Å². The van der Waals surface area contributed by atoms with Gasteiger partial charge in [-0.1, -0.05) is 42.5 Å². The van der Waals surface area contributed by atoms with Crippen molar-refractivity contribution < 1.29 is 14.8 Å². The largest absolute Gasteiger partial charge is 0.341 e. The lowest BCUT2D eigenvalue weighted by molar-refractivity contribution is 0.0705. The van der Waals surface area contributed by atoms with Crippen molar-refractivity contribution >= 4 is 23.6 Å². The molecule has 35 heavy (non-hydrogen) atoms. The van der Waals surface area contributed by atoms with E-state index in [-0.39, 0.29) is 11.6 Å². The molecule has 5 rings (SSSR count). The van der Waals surface area contributed by atoms with Crippen LogP contribution < -0.4 is 15.3 Å². The maximum atomic E-state index is 13.1. The van der Waals surface area contributed by atoms with Gasteiger partial charge in [-0.25, -0.2) is 20.2 Å². The molecule has 0 aliphatic carbocycles. The number of urea groups is 1. The van der Waals surface area contributed by atoms with Crippen molar-refractivity contribution in [2.24, 2.45) is 5.92 Å². The first kappa shape index (κ1) is 22.8. The Hall–Kier alpha value is -3.98. The average Bonchev–Trinajstić information content (AvgIpc) is 3.29. The van der Waals surface area contributed by atoms with E-state index >= 15 is 0 Å². The number of hydrogen-bond donors (Lipinski definition) is 2. The highest BCUT2D eigenvalue weighted by Gasteiger charge is 2.32. The summed E-state index contributed by atoms with van der Waals surface area (Å²) >= 11 is 0. The highest BCUT2D eigenvalue weighted by Crippen LogP contribution is 2.27. The van der Waals surface area contributed by atoms with Gasteiger partial charge in [0.15, 0.2) is 0 Å². The SMILES string of the molecule is O=C(NO)c1cnc(N2CCC(CN3CCN(c4ccc(-c5ccccc5)cc4)C3=O)CC2)nc1. The second kappa shape index (κ2) is 10.1. The molecule has 9 heteroatoms. The summed E-state index contributed by atoms with van der Waals surface area (Å²) in [6, 6.07) is 18.5. The van der Waals surface area contributed by atoms with Crippen LogP contribution in [0.1, 0.15) is 23.2 Å². The number of hydroxylamine groups is 1. The van der Waals surface area contributed by atoms with Gasteiger partial charge in [-0.3, -0.25) is 14.9 Å². The first-order chi connectivity index (χ1) is 17.1. The topological polar surface area (TPSA) is 102 Å². The summed E-state index contributed by atoms with van der Waals surface area (Å²) in [6.07, 6.45) is 4.70. The van der Waals surface area contributed by atoms with Crippen LogP contribution in [0.4, 0.5) is 16.4 Å². The van der Waals surface area contributed by atoms with Gasteiger partial charge in [0.25, 0.3) is 5.91 Å². The van der Waals surface area contributed by atoms with Crippen LogP contribution in [0.3, 0.4) is 0 Å². The lowest BCUT2D eigenvalue weighted by Gasteiger charge is -2.33. The molecule has 180 valence electrons. The Balaban J connectivity index is 1.14. The Bertz CT molecular complexity index is 1160. The van der Waals surface area contributed by atoms with Crippen LogP contribution in [-0.2, 0) is 0 Å². The number of nitrogens with one attached hydrogen (secondary N) is 1. The summed E-state index contributed by atoms with van der Waals surface area (Å²) < 4.78 is 0. The van der Waals surface area contributed by atoms with E-state index in [0.29, 0.717) is 18.4 Å². The minimum Gasteiger partial charge on any atom is -0.341 e. The van der Waals surface area contributed by atoms with Gasteiger partial charge in [-0.2, -0.15) is 0 Å². The van der Waals surface area contributed by atoms with Gasteiger partial charge in [-0.05, 0) is 42.0 Å². The average molecular weight is 473 g/mol. The number of piperidine rings is 1. The number of aromatic nitrogens is 2. The minimum atomic E-state index is -0.633. The lowest BCUT2D eigenvalue weighted by Crippen LogP contribution is -2.41. The van der Waals surface area contributed by atoms with Gasteiger partial charge >= 0.3 is 6.03 Å². The van der Waals surface area contributed by atoms with E-state index in [1.54, 1.807) is 5.48 Å². The monoisotopic (exact) mass is 472 g/mol. The van der Waals surface area contributed by atoms with Crippen molar-refractivity contribution in [3.8, 4) is 11.1 Å². The van der Waals surface area contributed by atoms with E-state index in [2.05, 4.69) is 39.1 Å². The third-order valence-electron chi connectivity index (χ3n) is 6.76. The lowest BCUT2D eigenvalue weighted by atomic mass is 9.96. The maximum absolute atomic E-state index is 13.1. The zero-order valence-electron chi connectivity index (χ0n) is 19.4. The molecule has 9 nitrogen and oxygen atoms in total. The first-order valence-corrected chi connectivity index (χ1v) is 11.9. The van der Waals surface area contributed by atoms with Gasteiger partial charge in [0, 0.05) is 50.8 Å². The Labute approximate surface area is 204 Å². The highest BCUT2D eigenvalue weighted by atomic mass is 16.5. The summed E-state index contributed by atoms with van der Waals surface area (Å²) in [6.45, 7) is 3.77. The fourth-order valence-electron chi connectivity index (χ4n) is 4.75. The smallest absolute Gasteiger partial charge is 0.324 e. The number of amides is 3. The van der Waals surface area contributed by atoms with Crippen LogP contribution in [0.5, 0.6) is 0 Å². The van der Waals surface area contributed by atoms with Gasteiger partial charge in [0.2, 0.25) is 5.95 Å². The Kier molecular flexibility index (Phi) is 6.58. The Morgan fingerprint density at radius 2 is 1.57 bits per heavy atom. The molecule has 2 aromatic carbocycles. The molecule has 0 saturated carbocycles. The fourth-order valence-corrected chi connectivity index (χ4v) is 4.75. The third kappa shape index (κ3) is 4.95. The number of nitrogens with zero attached hydrogens (tertiary/aromatic N) is 5. The first-order valence-electron chi connectivity index (χ1n) is 11.9. The van der Waals surface area contributed by atoms with Crippen LogP contribution in [0.15, 0.2) is 67.0 Å². The van der Waals surface area contributed by atoms with Gasteiger partial charge < -0.3 is 9.80 Å². The molecule has 3 heterocycles. The number of carbonyl (C=O) groups is 2. The summed E-state index contributed by atoms with van der Waals surface area (Å²) in [5, 5.41) is 8.71. The summed E-state index contributed by atoms with van der Waals surface area (Å²) in [7, 11) is 0. The Morgan fingerprint density at radius 3 is 2.23 bits per heavy atom. The Morgan fingerprint density at radius 1 is 0.914 bits per heavy atom. The zero-order valence-corrected chi connectivity index (χ0v) is 19.4. The molecule has 0 radical (unpaired) electrons. The van der Waals surface area contributed by atoms with Crippen molar-refractivity contribution in [1.29, 1.82) is 0 Å². The van der Waals surface area contributed by atoms with E-state index in [1.807, 2.05) is 40.1 Å². The molecule has 2 saturated heterocycles. The van der Waals surface area contributed by atoms with Crippen LogP contribution in [-0.4, -0.2) is 64.7 Å². The molecule has 2 aliphatic rings. The van der Waals surface area contributed by atoms with E-state index in [9.17, 15) is 9.59 Å². The standard InChI is InChI=1S/C26H28N6O3/c33-24(29-35)22-16-27-25(28-17-22)30-12-10-19(11-13-30)18-31-14-15-32(26(31)34)23-8-6-21(7-9-23)20-4-2-1-3-5-20/h1-9,16-17,19,35H,10-15,18H2,(H,29,33). The molecular formula is C26H28N6O3. The predicted molar refractivity (Wildman–Crippen MR) is 132 cm³/mol. The molecule has 0 spiro atoms. The number of anilines is 2. The number of rotatable bonds is 6. The van der Waals surface area contributed by atoms with E-state index in [4.69, 9.17) is 5.21 Å². The van der Waals surface area contributed by atoms with Gasteiger partial charge in [-0.15, -0.1) is 0 Å². The number of carbonyl (C=O) groups excluding carboxylic acids is 2. The molecule has 2 N–H and O–H groups in total. The van der Waals surface area contributed by atoms with Crippen molar-refractivity contribution in [3.63, 3.8) is 0 Å². The maximum Gasteiger partial charge on any atom is 0.324 e. The normalized spacial score (nSPS) is 16.6. The molecule has 0 unspecified atom stereocenters. The van der Waals surface area contributed by atoms with Crippen molar-refractivity contribution in [2.45, 2.75) is 12.8 Å². The molecule has 2 fully saturated rings. The van der Waals surface area contributed by atoms with Gasteiger partial charge in [0.05, 0.1) is 5.56 Å². The molecule has 3 aromatic rings. The van der Waals surface area contributed by atoms with E-state index < -0.39 is 5.91 Å². The quantitative estimate of drug-likeness (QED) is 0.421. The summed E-state index contributed by atoms with van der Waals surface area (Å²) in [4.78, 5) is 39.0. The molecular weight excluding hydrogens is 444 g/mol. The minimum absolute atomic E-state index is 0.0703. The molecule has 0 atom stereocenters. The molecule has 1 aromatic heterocycles. The third-order valence-corrected chi connectivity index (χ3v) is 6.76. The summed E-state index contributed by atoms with van der Waals surface area (Å²) in [5.41, 5.74) is 5.02. The van der Waals surface area contributed by atoms with Crippen LogP contribution in [0.25, 0.3) is 11.1 Å². The van der Waals surface area contributed by atoms with Crippen LogP contribution in [0.2, 0.25) is 0 Å². The number of hydrogen-bond acceptors (Lipinski definition) is 6. The van der Waals surface area contributed by atoms with Crippen LogP contribution in [0, 0.1) is 5.92 Å². The highest BCUT2D eigenvalue weighted by molar-refractivity contribution is 5.94. The van der Waals surface area contributed by atoms with Crippen molar-refractivity contribution in [3.05, 3.63) is 72.6 Å². The van der Waals surface area contributed by atoms with Gasteiger partial charge in [0.1, 0.15) is 0 Å². The molecule has 3 amide bonds. The van der Waals surface area contributed by atoms with Crippen molar-refractivity contribution in [2.75, 3.05) is 42.5 Å². The van der Waals surface area contributed by atoms with Crippen molar-refractivity contribution in [1.82, 2.24) is 20.3 Å². The van der Waals surface area contributed by atoms with Crippen LogP contribution >= 0.6 is 0 Å².